The van der Waals surface area contributed by atoms with E-state index < -0.39 is 0 Å². The van der Waals surface area contributed by atoms with E-state index in [2.05, 4.69) is 33.4 Å². The van der Waals surface area contributed by atoms with E-state index in [0.717, 1.165) is 31.1 Å². The van der Waals surface area contributed by atoms with Gasteiger partial charge in [-0.25, -0.2) is 4.79 Å². The van der Waals surface area contributed by atoms with Gasteiger partial charge in [-0.1, -0.05) is 31.6 Å². The van der Waals surface area contributed by atoms with Crippen LogP contribution in [0.25, 0.3) is 11.0 Å². The van der Waals surface area contributed by atoms with Crippen LogP contribution in [0, 0.1) is 11.3 Å². The molecule has 2 atom stereocenters. The van der Waals surface area contributed by atoms with Crippen molar-refractivity contribution in [3.63, 3.8) is 0 Å². The van der Waals surface area contributed by atoms with Gasteiger partial charge in [0.15, 0.2) is 0 Å². The molecule has 3 rings (SSSR count). The quantitative estimate of drug-likeness (QED) is 0.547. The van der Waals surface area contributed by atoms with E-state index in [1.165, 1.54) is 17.2 Å². The second kappa shape index (κ2) is 8.36. The molecule has 150 valence electrons. The van der Waals surface area contributed by atoms with Gasteiger partial charge >= 0.3 is 5.63 Å². The fourth-order valence-corrected chi connectivity index (χ4v) is 4.09. The molecule has 1 aliphatic carbocycles. The summed E-state index contributed by atoms with van der Waals surface area (Å²) in [5.74, 6) is 1.01. The molecule has 1 aromatic heterocycles. The Bertz CT molecular complexity index is 935. The van der Waals surface area contributed by atoms with E-state index >= 15 is 0 Å². The third kappa shape index (κ3) is 4.56. The minimum Gasteiger partial charge on any atom is -0.489 e. The zero-order valence-corrected chi connectivity index (χ0v) is 17.0. The van der Waals surface area contributed by atoms with E-state index in [-0.39, 0.29) is 17.1 Å². The maximum Gasteiger partial charge on any atom is 0.336 e. The van der Waals surface area contributed by atoms with Crippen LogP contribution >= 0.6 is 0 Å². The molecule has 0 amide bonds. The number of hydrogen-bond donors (Lipinski definition) is 1. The summed E-state index contributed by atoms with van der Waals surface area (Å²) in [5.41, 5.74) is 2.56. The summed E-state index contributed by atoms with van der Waals surface area (Å²) in [6.45, 7) is 11.1. The van der Waals surface area contributed by atoms with Crippen LogP contribution in [0.4, 0.5) is 0 Å². The predicted molar refractivity (Wildman–Crippen MR) is 113 cm³/mol. The summed E-state index contributed by atoms with van der Waals surface area (Å²) in [4.78, 5) is 11.4. The number of aliphatic hydroxyl groups excluding tert-OH is 1. The molecule has 2 unspecified atom stereocenters. The third-order valence-corrected chi connectivity index (χ3v) is 6.09. The Morgan fingerprint density at radius 1 is 1.36 bits per heavy atom. The number of aliphatic hydroxyl groups is 1. The lowest BCUT2D eigenvalue weighted by molar-refractivity contribution is -0.00881. The maximum atomic E-state index is 11.4. The molecule has 4 heteroatoms. The van der Waals surface area contributed by atoms with E-state index in [1.54, 1.807) is 12.1 Å². The molecule has 1 N–H and O–H groups in total. The largest absolute Gasteiger partial charge is 0.489 e. The van der Waals surface area contributed by atoms with Crippen LogP contribution in [-0.2, 0) is 0 Å². The zero-order chi connectivity index (χ0) is 20.3. The second-order valence-electron chi connectivity index (χ2n) is 8.44. The van der Waals surface area contributed by atoms with Crippen LogP contribution in [0.3, 0.4) is 0 Å². The molecular formula is C24H30O4. The Balaban J connectivity index is 1.56. The lowest BCUT2D eigenvalue weighted by Gasteiger charge is -2.44. The third-order valence-electron chi connectivity index (χ3n) is 6.09. The number of hydrogen-bond acceptors (Lipinski definition) is 4. The van der Waals surface area contributed by atoms with Gasteiger partial charge in [0, 0.05) is 17.5 Å². The molecule has 0 radical (unpaired) electrons. The molecule has 0 aliphatic heterocycles. The van der Waals surface area contributed by atoms with Crippen molar-refractivity contribution in [1.29, 1.82) is 0 Å². The lowest BCUT2D eigenvalue weighted by Crippen LogP contribution is -2.41. The molecule has 0 bridgehead atoms. The van der Waals surface area contributed by atoms with Gasteiger partial charge in [-0.15, -0.1) is 0 Å². The Morgan fingerprint density at radius 2 is 2.11 bits per heavy atom. The molecule has 1 fully saturated rings. The van der Waals surface area contributed by atoms with Gasteiger partial charge in [-0.05, 0) is 68.2 Å². The molecular weight excluding hydrogens is 352 g/mol. The molecule has 1 saturated carbocycles. The number of allylic oxidation sites excluding steroid dienone is 2. The standard InChI is InChI=1S/C24H30O4/c1-16(5-10-20-17(2)6-11-22(25)24(20,3)4)13-14-27-19-9-7-18-8-12-23(26)28-21(18)15-19/h7-9,12-13,15,20,22,25H,2,5-6,10-11,14H2,1,3-4H3/b16-13+. The van der Waals surface area contributed by atoms with Gasteiger partial charge in [0.25, 0.3) is 0 Å². The van der Waals surface area contributed by atoms with Crippen LogP contribution in [0.5, 0.6) is 5.75 Å². The van der Waals surface area contributed by atoms with Gasteiger partial charge in [-0.2, -0.15) is 0 Å². The topological polar surface area (TPSA) is 59.7 Å². The highest BCUT2D eigenvalue weighted by molar-refractivity contribution is 5.77. The fraction of sp³-hybridized carbons (Fsp3) is 0.458. The van der Waals surface area contributed by atoms with Crippen molar-refractivity contribution in [3.05, 3.63) is 64.6 Å². The fourth-order valence-electron chi connectivity index (χ4n) is 4.09. The van der Waals surface area contributed by atoms with Gasteiger partial charge in [0.1, 0.15) is 17.9 Å². The first-order chi connectivity index (χ1) is 13.3. The van der Waals surface area contributed by atoms with Crippen LogP contribution in [0.2, 0.25) is 0 Å². The van der Waals surface area contributed by atoms with Crippen molar-refractivity contribution < 1.29 is 14.3 Å². The molecule has 1 aromatic carbocycles. The minimum atomic E-state index is -0.363. The van der Waals surface area contributed by atoms with E-state index in [0.29, 0.717) is 23.9 Å². The monoisotopic (exact) mass is 382 g/mol. The van der Waals surface area contributed by atoms with Crippen molar-refractivity contribution in [2.45, 2.75) is 52.6 Å². The van der Waals surface area contributed by atoms with Gasteiger partial charge < -0.3 is 14.3 Å². The first-order valence-electron chi connectivity index (χ1n) is 9.95. The highest BCUT2D eigenvalue weighted by Gasteiger charge is 2.40. The van der Waals surface area contributed by atoms with Crippen molar-refractivity contribution in [3.8, 4) is 5.75 Å². The number of rotatable bonds is 6. The molecule has 0 spiro atoms. The Hall–Kier alpha value is -2.33. The zero-order valence-electron chi connectivity index (χ0n) is 17.0. The molecule has 1 aliphatic rings. The summed E-state index contributed by atoms with van der Waals surface area (Å²) < 4.78 is 11.0. The van der Waals surface area contributed by atoms with E-state index in [1.807, 2.05) is 12.1 Å². The number of ether oxygens (including phenoxy) is 1. The van der Waals surface area contributed by atoms with Crippen molar-refractivity contribution >= 4 is 11.0 Å². The first kappa shape index (κ1) is 20.4. The Morgan fingerprint density at radius 3 is 2.89 bits per heavy atom. The predicted octanol–water partition coefficient (Wildman–Crippen LogP) is 5.25. The summed E-state index contributed by atoms with van der Waals surface area (Å²) in [6, 6.07) is 8.66. The van der Waals surface area contributed by atoms with E-state index in [9.17, 15) is 9.90 Å². The van der Waals surface area contributed by atoms with Crippen molar-refractivity contribution in [2.24, 2.45) is 11.3 Å². The Labute approximate surface area is 166 Å². The van der Waals surface area contributed by atoms with Crippen LogP contribution in [0.1, 0.15) is 46.5 Å². The smallest absolute Gasteiger partial charge is 0.336 e. The number of benzene rings is 1. The normalized spacial score (nSPS) is 22.4. The van der Waals surface area contributed by atoms with Gasteiger partial charge in [0.2, 0.25) is 0 Å². The van der Waals surface area contributed by atoms with Crippen LogP contribution in [-0.4, -0.2) is 17.8 Å². The summed E-state index contributed by atoms with van der Waals surface area (Å²) in [7, 11) is 0. The first-order valence-corrected chi connectivity index (χ1v) is 9.95. The molecule has 0 saturated heterocycles. The van der Waals surface area contributed by atoms with Crippen LogP contribution < -0.4 is 10.4 Å². The summed E-state index contributed by atoms with van der Waals surface area (Å²) in [6.07, 6.45) is 5.50. The number of fused-ring (bicyclic) bond motifs is 1. The van der Waals surface area contributed by atoms with Gasteiger partial charge in [0.05, 0.1) is 6.10 Å². The highest BCUT2D eigenvalue weighted by Crippen LogP contribution is 2.45. The minimum absolute atomic E-state index is 0.124. The average Bonchev–Trinajstić information content (AvgIpc) is 2.64. The molecule has 4 nitrogen and oxygen atoms in total. The van der Waals surface area contributed by atoms with Crippen LogP contribution in [0.15, 0.2) is 63.3 Å². The second-order valence-corrected chi connectivity index (χ2v) is 8.44. The van der Waals surface area contributed by atoms with E-state index in [4.69, 9.17) is 9.15 Å². The van der Waals surface area contributed by atoms with Crippen molar-refractivity contribution in [1.82, 2.24) is 0 Å². The highest BCUT2D eigenvalue weighted by atomic mass is 16.5. The van der Waals surface area contributed by atoms with Gasteiger partial charge in [-0.3, -0.25) is 0 Å². The molecule has 1 heterocycles. The summed E-state index contributed by atoms with van der Waals surface area (Å²) in [5, 5.41) is 11.2. The molecule has 28 heavy (non-hydrogen) atoms. The van der Waals surface area contributed by atoms with Crippen molar-refractivity contribution in [2.75, 3.05) is 6.61 Å². The summed E-state index contributed by atoms with van der Waals surface area (Å²) >= 11 is 0. The SMILES string of the molecule is C=C1CCC(O)C(C)(C)C1CC/C(C)=C/COc1ccc2ccc(=O)oc2c1. The Kier molecular flexibility index (Phi) is 6.09. The lowest BCUT2D eigenvalue weighted by atomic mass is 9.63. The maximum absolute atomic E-state index is 11.4. The average molecular weight is 383 g/mol. The molecule has 2 aromatic rings.